The summed E-state index contributed by atoms with van der Waals surface area (Å²) in [6.45, 7) is 5.90. The highest BCUT2D eigenvalue weighted by atomic mass is 16.5. The molecule has 36 heavy (non-hydrogen) atoms. The van der Waals surface area contributed by atoms with Gasteiger partial charge in [-0.1, -0.05) is 0 Å². The molecule has 1 aromatic carbocycles. The van der Waals surface area contributed by atoms with Gasteiger partial charge in [0.05, 0.1) is 25.6 Å². The Bertz CT molecular complexity index is 1330. The average molecular weight is 494 g/mol. The van der Waals surface area contributed by atoms with Gasteiger partial charge in [0.25, 0.3) is 5.91 Å². The van der Waals surface area contributed by atoms with Gasteiger partial charge in [-0.05, 0) is 69.5 Å². The van der Waals surface area contributed by atoms with Crippen molar-refractivity contribution in [1.29, 1.82) is 0 Å². The number of amides is 2. The molecule has 5 rings (SSSR count). The number of ether oxygens (including phenoxy) is 2. The van der Waals surface area contributed by atoms with Gasteiger partial charge in [-0.15, -0.1) is 10.2 Å². The number of benzene rings is 1. The van der Waals surface area contributed by atoms with Gasteiger partial charge in [-0.2, -0.15) is 5.10 Å². The minimum Gasteiger partial charge on any atom is -0.493 e. The quantitative estimate of drug-likeness (QED) is 0.544. The molecule has 11 nitrogen and oxygen atoms in total. The summed E-state index contributed by atoms with van der Waals surface area (Å²) in [5, 5.41) is 19.1. The van der Waals surface area contributed by atoms with Crippen LogP contribution in [0.15, 0.2) is 18.2 Å². The smallest absolute Gasteiger partial charge is 0.274 e. The van der Waals surface area contributed by atoms with Gasteiger partial charge in [0.1, 0.15) is 5.54 Å². The molecule has 1 saturated heterocycles. The molecule has 2 amide bonds. The van der Waals surface area contributed by atoms with Crippen molar-refractivity contribution in [1.82, 2.24) is 35.3 Å². The van der Waals surface area contributed by atoms with Crippen LogP contribution < -0.4 is 20.1 Å². The van der Waals surface area contributed by atoms with Crippen molar-refractivity contribution in [2.75, 3.05) is 33.9 Å². The maximum Gasteiger partial charge on any atom is 0.274 e. The van der Waals surface area contributed by atoms with Crippen molar-refractivity contribution in [3.8, 4) is 11.5 Å². The number of carbonyl (C=O) groups is 2. The lowest BCUT2D eigenvalue weighted by atomic mass is 9.85. The van der Waals surface area contributed by atoms with Crippen LogP contribution in [-0.2, 0) is 17.8 Å². The van der Waals surface area contributed by atoms with E-state index in [2.05, 4.69) is 25.9 Å². The summed E-state index contributed by atoms with van der Waals surface area (Å²) in [5.41, 5.74) is 3.23. The Kier molecular flexibility index (Phi) is 6.25. The molecule has 3 aromatic rings. The Morgan fingerprint density at radius 2 is 1.72 bits per heavy atom. The minimum atomic E-state index is -1.03. The first-order chi connectivity index (χ1) is 17.3. The molecule has 0 unspecified atom stereocenters. The van der Waals surface area contributed by atoms with E-state index in [1.54, 1.807) is 31.7 Å². The second kappa shape index (κ2) is 9.38. The van der Waals surface area contributed by atoms with Crippen LogP contribution in [0.4, 0.5) is 0 Å². The summed E-state index contributed by atoms with van der Waals surface area (Å²) in [5.74, 6) is 0.807. The Morgan fingerprint density at radius 1 is 1.03 bits per heavy atom. The number of nitrogens with zero attached hydrogens (tertiary/aromatic N) is 5. The van der Waals surface area contributed by atoms with Crippen molar-refractivity contribution in [2.24, 2.45) is 0 Å². The first-order valence-corrected chi connectivity index (χ1v) is 12.1. The molecule has 2 aromatic heterocycles. The minimum absolute atomic E-state index is 0.0839. The SMILES string of the molecule is COc1cc2c(cc1OC)CN(C(=O)C1(NC(=O)c3nnc4cc(C)nn4c3C)CCNCC1)CC2. The molecule has 0 bridgehead atoms. The number of hydrogen-bond acceptors (Lipinski definition) is 8. The number of aryl methyl sites for hydroxylation is 2. The molecule has 4 heterocycles. The molecule has 0 radical (unpaired) electrons. The third-order valence-electron chi connectivity index (χ3n) is 7.17. The summed E-state index contributed by atoms with van der Waals surface area (Å²) in [7, 11) is 3.21. The molecular weight excluding hydrogens is 462 g/mol. The van der Waals surface area contributed by atoms with Crippen molar-refractivity contribution in [3.63, 3.8) is 0 Å². The van der Waals surface area contributed by atoms with E-state index in [9.17, 15) is 9.59 Å². The van der Waals surface area contributed by atoms with Gasteiger partial charge >= 0.3 is 0 Å². The second-order valence-corrected chi connectivity index (χ2v) is 9.43. The molecule has 190 valence electrons. The summed E-state index contributed by atoms with van der Waals surface area (Å²) >= 11 is 0. The fourth-order valence-electron chi connectivity index (χ4n) is 5.17. The first kappa shape index (κ1) is 24.0. The van der Waals surface area contributed by atoms with E-state index in [0.717, 1.165) is 16.8 Å². The average Bonchev–Trinajstić information content (AvgIpc) is 3.28. The monoisotopic (exact) mass is 493 g/mol. The van der Waals surface area contributed by atoms with Crippen molar-refractivity contribution >= 4 is 17.5 Å². The van der Waals surface area contributed by atoms with Crippen LogP contribution in [0.25, 0.3) is 5.65 Å². The van der Waals surface area contributed by atoms with E-state index in [1.165, 1.54) is 0 Å². The van der Waals surface area contributed by atoms with Crippen LogP contribution in [0.2, 0.25) is 0 Å². The zero-order chi connectivity index (χ0) is 25.4. The molecule has 0 atom stereocenters. The highest BCUT2D eigenvalue weighted by Crippen LogP contribution is 2.34. The Hall–Kier alpha value is -3.73. The zero-order valence-electron chi connectivity index (χ0n) is 21.1. The normalized spacial score (nSPS) is 16.9. The largest absolute Gasteiger partial charge is 0.493 e. The Labute approximate surface area is 209 Å². The predicted octanol–water partition coefficient (Wildman–Crippen LogP) is 1.20. The second-order valence-electron chi connectivity index (χ2n) is 9.43. The number of methoxy groups -OCH3 is 2. The molecule has 0 aliphatic carbocycles. The lowest BCUT2D eigenvalue weighted by molar-refractivity contribution is -0.140. The van der Waals surface area contributed by atoms with Crippen molar-refractivity contribution in [3.05, 3.63) is 46.4 Å². The maximum atomic E-state index is 14.0. The van der Waals surface area contributed by atoms with Crippen LogP contribution in [0.1, 0.15) is 45.8 Å². The molecular formula is C25H31N7O4. The molecule has 0 saturated carbocycles. The number of rotatable bonds is 5. The topological polar surface area (TPSA) is 123 Å². The van der Waals surface area contributed by atoms with E-state index < -0.39 is 11.4 Å². The third-order valence-corrected chi connectivity index (χ3v) is 7.17. The Morgan fingerprint density at radius 3 is 2.42 bits per heavy atom. The fourth-order valence-corrected chi connectivity index (χ4v) is 5.17. The van der Waals surface area contributed by atoms with Crippen molar-refractivity contribution < 1.29 is 19.1 Å². The fraction of sp³-hybridized carbons (Fsp3) is 0.480. The van der Waals surface area contributed by atoms with Gasteiger partial charge in [-0.3, -0.25) is 9.59 Å². The molecule has 11 heteroatoms. The molecule has 2 aliphatic heterocycles. The number of piperidine rings is 1. The van der Waals surface area contributed by atoms with Gasteiger partial charge < -0.3 is 25.0 Å². The van der Waals surface area contributed by atoms with Crippen LogP contribution in [0.5, 0.6) is 11.5 Å². The maximum absolute atomic E-state index is 14.0. The van der Waals surface area contributed by atoms with Crippen LogP contribution >= 0.6 is 0 Å². The standard InChI is InChI=1S/C25H31N7O4/c1-15-11-21-28-29-22(16(2)32(21)30-15)23(33)27-25(6-8-26-9-7-25)24(34)31-10-5-17-12-19(35-3)20(36-4)13-18(17)14-31/h11-13,26H,5-10,14H2,1-4H3,(H,27,33). The number of aromatic nitrogens is 4. The third kappa shape index (κ3) is 4.13. The van der Waals surface area contributed by atoms with Gasteiger partial charge in [-0.25, -0.2) is 4.52 Å². The van der Waals surface area contributed by atoms with Gasteiger partial charge in [0, 0.05) is 19.2 Å². The summed E-state index contributed by atoms with van der Waals surface area (Å²) in [6, 6.07) is 5.71. The van der Waals surface area contributed by atoms with Crippen LogP contribution in [0, 0.1) is 13.8 Å². The first-order valence-electron chi connectivity index (χ1n) is 12.1. The van der Waals surface area contributed by atoms with E-state index in [4.69, 9.17) is 9.47 Å². The highest BCUT2D eigenvalue weighted by molar-refractivity contribution is 5.99. The zero-order valence-corrected chi connectivity index (χ0v) is 21.1. The van der Waals surface area contributed by atoms with E-state index >= 15 is 0 Å². The van der Waals surface area contributed by atoms with E-state index in [1.807, 2.05) is 24.0 Å². The molecule has 0 spiro atoms. The number of nitrogens with one attached hydrogen (secondary N) is 2. The van der Waals surface area contributed by atoms with Crippen LogP contribution in [-0.4, -0.2) is 75.9 Å². The molecule has 2 N–H and O–H groups in total. The van der Waals surface area contributed by atoms with Gasteiger partial charge in [0.2, 0.25) is 5.91 Å². The highest BCUT2D eigenvalue weighted by Gasteiger charge is 2.44. The lowest BCUT2D eigenvalue weighted by Gasteiger charge is -2.42. The van der Waals surface area contributed by atoms with Gasteiger partial charge in [0.15, 0.2) is 22.8 Å². The number of carbonyl (C=O) groups excluding carboxylic acids is 2. The van der Waals surface area contributed by atoms with Crippen molar-refractivity contribution in [2.45, 2.75) is 45.2 Å². The molecule has 1 fully saturated rings. The van der Waals surface area contributed by atoms with E-state index in [0.29, 0.717) is 68.3 Å². The lowest BCUT2D eigenvalue weighted by Crippen LogP contribution is -2.64. The number of fused-ring (bicyclic) bond motifs is 2. The predicted molar refractivity (Wildman–Crippen MR) is 131 cm³/mol. The number of hydrogen-bond donors (Lipinski definition) is 2. The van der Waals surface area contributed by atoms with Crippen LogP contribution in [0.3, 0.4) is 0 Å². The summed E-state index contributed by atoms with van der Waals surface area (Å²) in [4.78, 5) is 29.3. The van der Waals surface area contributed by atoms with E-state index in [-0.39, 0.29) is 11.6 Å². The summed E-state index contributed by atoms with van der Waals surface area (Å²) in [6.07, 6.45) is 1.68. The molecule has 2 aliphatic rings. The summed E-state index contributed by atoms with van der Waals surface area (Å²) < 4.78 is 12.5. The Balaban J connectivity index is 1.42.